The van der Waals surface area contributed by atoms with Crippen molar-refractivity contribution in [1.29, 1.82) is 0 Å². The van der Waals surface area contributed by atoms with Gasteiger partial charge < -0.3 is 9.63 Å². The Morgan fingerprint density at radius 3 is 2.67 bits per heavy atom. The van der Waals surface area contributed by atoms with Gasteiger partial charge in [-0.3, -0.25) is 0 Å². The van der Waals surface area contributed by atoms with E-state index in [0.717, 1.165) is 11.6 Å². The third-order valence-electron chi connectivity index (χ3n) is 1.48. The first-order valence-corrected chi connectivity index (χ1v) is 3.45. The molecule has 12 heavy (non-hydrogen) atoms. The fourth-order valence-electron chi connectivity index (χ4n) is 0.883. The minimum Gasteiger partial charge on any atom is -0.478 e. The number of nitrogens with zero attached hydrogens (tertiary/aromatic N) is 1. The first kappa shape index (κ1) is 8.52. The van der Waals surface area contributed by atoms with Crippen molar-refractivity contribution in [2.24, 2.45) is 0 Å². The van der Waals surface area contributed by atoms with Crippen LogP contribution in [0.1, 0.15) is 17.0 Å². The number of carbonyl (C=O) groups is 1. The van der Waals surface area contributed by atoms with Gasteiger partial charge in [-0.15, -0.1) is 0 Å². The number of aryl methyl sites for hydroxylation is 2. The first-order valence-electron chi connectivity index (χ1n) is 3.45. The summed E-state index contributed by atoms with van der Waals surface area (Å²) in [7, 11) is 0. The van der Waals surface area contributed by atoms with Gasteiger partial charge in [-0.2, -0.15) is 0 Å². The van der Waals surface area contributed by atoms with Gasteiger partial charge in [-0.05, 0) is 19.9 Å². The standard InChI is InChI=1S/C8H9NO3/c1-5-7(3-4-8(10)11)6(2)12-9-5/h3-4H,1-2H3,(H,10,11)/b4-3+. The summed E-state index contributed by atoms with van der Waals surface area (Å²) in [6.45, 7) is 3.50. The van der Waals surface area contributed by atoms with Crippen LogP contribution in [0.5, 0.6) is 0 Å². The van der Waals surface area contributed by atoms with Crippen molar-refractivity contribution in [1.82, 2.24) is 5.16 Å². The Kier molecular flexibility index (Phi) is 2.28. The second-order valence-corrected chi connectivity index (χ2v) is 2.41. The second kappa shape index (κ2) is 3.21. The average molecular weight is 167 g/mol. The van der Waals surface area contributed by atoms with E-state index < -0.39 is 5.97 Å². The second-order valence-electron chi connectivity index (χ2n) is 2.41. The molecule has 4 heteroatoms. The van der Waals surface area contributed by atoms with E-state index in [2.05, 4.69) is 5.16 Å². The zero-order valence-corrected chi connectivity index (χ0v) is 6.87. The Morgan fingerprint density at radius 1 is 1.58 bits per heavy atom. The van der Waals surface area contributed by atoms with Crippen LogP contribution in [0.2, 0.25) is 0 Å². The third kappa shape index (κ3) is 1.72. The van der Waals surface area contributed by atoms with Crippen molar-refractivity contribution < 1.29 is 14.4 Å². The lowest BCUT2D eigenvalue weighted by Crippen LogP contribution is -1.86. The van der Waals surface area contributed by atoms with Gasteiger partial charge in [-0.25, -0.2) is 4.79 Å². The summed E-state index contributed by atoms with van der Waals surface area (Å²) in [6, 6.07) is 0. The molecular formula is C8H9NO3. The zero-order chi connectivity index (χ0) is 9.14. The van der Waals surface area contributed by atoms with Crippen molar-refractivity contribution in [3.05, 3.63) is 23.1 Å². The van der Waals surface area contributed by atoms with Crippen molar-refractivity contribution >= 4 is 12.0 Å². The maximum Gasteiger partial charge on any atom is 0.328 e. The van der Waals surface area contributed by atoms with Gasteiger partial charge in [0.25, 0.3) is 0 Å². The van der Waals surface area contributed by atoms with E-state index in [9.17, 15) is 4.79 Å². The predicted molar refractivity (Wildman–Crippen MR) is 42.6 cm³/mol. The highest BCUT2D eigenvalue weighted by molar-refractivity contribution is 5.85. The monoisotopic (exact) mass is 167 g/mol. The molecule has 4 nitrogen and oxygen atoms in total. The Hall–Kier alpha value is -1.58. The lowest BCUT2D eigenvalue weighted by Gasteiger charge is -1.86. The van der Waals surface area contributed by atoms with Crippen LogP contribution in [0.25, 0.3) is 6.08 Å². The first-order chi connectivity index (χ1) is 5.61. The maximum absolute atomic E-state index is 10.2. The summed E-state index contributed by atoms with van der Waals surface area (Å²) in [5.41, 5.74) is 1.43. The normalized spacial score (nSPS) is 10.8. The highest BCUT2D eigenvalue weighted by Crippen LogP contribution is 2.13. The Balaban J connectivity index is 2.95. The largest absolute Gasteiger partial charge is 0.478 e. The highest BCUT2D eigenvalue weighted by Gasteiger charge is 2.04. The number of hydrogen-bond acceptors (Lipinski definition) is 3. The number of carboxylic acid groups (broad SMARTS) is 1. The molecule has 0 unspecified atom stereocenters. The van der Waals surface area contributed by atoms with E-state index in [1.807, 2.05) is 0 Å². The Labute approximate surface area is 69.5 Å². The molecule has 1 aromatic heterocycles. The summed E-state index contributed by atoms with van der Waals surface area (Å²) < 4.78 is 4.83. The molecule has 0 amide bonds. The van der Waals surface area contributed by atoms with Crippen LogP contribution < -0.4 is 0 Å². The Bertz CT molecular complexity index is 306. The zero-order valence-electron chi connectivity index (χ0n) is 6.87. The molecule has 0 aromatic carbocycles. The van der Waals surface area contributed by atoms with Gasteiger partial charge in [0, 0.05) is 11.6 Å². The van der Waals surface area contributed by atoms with Crippen LogP contribution >= 0.6 is 0 Å². The van der Waals surface area contributed by atoms with E-state index in [1.165, 1.54) is 6.08 Å². The molecule has 0 spiro atoms. The predicted octanol–water partition coefficient (Wildman–Crippen LogP) is 1.39. The molecule has 0 aliphatic heterocycles. The number of carboxylic acids is 1. The molecule has 1 rings (SSSR count). The number of aliphatic carboxylic acids is 1. The molecule has 0 saturated carbocycles. The number of hydrogen-bond donors (Lipinski definition) is 1. The fraction of sp³-hybridized carbons (Fsp3) is 0.250. The highest BCUT2D eigenvalue weighted by atomic mass is 16.5. The van der Waals surface area contributed by atoms with Crippen LogP contribution in [0.15, 0.2) is 10.6 Å². The molecule has 0 bridgehead atoms. The summed E-state index contributed by atoms with van der Waals surface area (Å²) in [5, 5.41) is 12.0. The maximum atomic E-state index is 10.2. The molecule has 0 fully saturated rings. The molecule has 1 N–H and O–H groups in total. The molecule has 0 aliphatic carbocycles. The topological polar surface area (TPSA) is 63.3 Å². The molecule has 0 aliphatic rings. The molecule has 64 valence electrons. The molecule has 1 aromatic rings. The SMILES string of the molecule is Cc1noc(C)c1/C=C/C(=O)O. The fourth-order valence-corrected chi connectivity index (χ4v) is 0.883. The van der Waals surface area contributed by atoms with Gasteiger partial charge in [0.15, 0.2) is 0 Å². The van der Waals surface area contributed by atoms with Gasteiger partial charge >= 0.3 is 5.97 Å². The summed E-state index contributed by atoms with van der Waals surface area (Å²) in [5.74, 6) is -0.347. The van der Waals surface area contributed by atoms with E-state index in [-0.39, 0.29) is 0 Å². The molecule has 0 saturated heterocycles. The number of rotatable bonds is 2. The van der Waals surface area contributed by atoms with Crippen molar-refractivity contribution in [2.45, 2.75) is 13.8 Å². The summed E-state index contributed by atoms with van der Waals surface area (Å²) >= 11 is 0. The van der Waals surface area contributed by atoms with Crippen molar-refractivity contribution in [3.63, 3.8) is 0 Å². The van der Waals surface area contributed by atoms with E-state index in [4.69, 9.17) is 9.63 Å². The molecule has 0 radical (unpaired) electrons. The van der Waals surface area contributed by atoms with Crippen molar-refractivity contribution in [2.75, 3.05) is 0 Å². The molecular weight excluding hydrogens is 158 g/mol. The molecule has 0 atom stereocenters. The van der Waals surface area contributed by atoms with Gasteiger partial charge in [-0.1, -0.05) is 5.16 Å². The number of aromatic nitrogens is 1. The lowest BCUT2D eigenvalue weighted by atomic mass is 10.2. The molecule has 1 heterocycles. The van der Waals surface area contributed by atoms with Crippen LogP contribution in [0.4, 0.5) is 0 Å². The van der Waals surface area contributed by atoms with Crippen LogP contribution in [0.3, 0.4) is 0 Å². The minimum absolute atomic E-state index is 0.630. The third-order valence-corrected chi connectivity index (χ3v) is 1.48. The average Bonchev–Trinajstić information content (AvgIpc) is 2.28. The van der Waals surface area contributed by atoms with E-state index in [0.29, 0.717) is 11.5 Å². The van der Waals surface area contributed by atoms with E-state index in [1.54, 1.807) is 13.8 Å². The van der Waals surface area contributed by atoms with Gasteiger partial charge in [0.05, 0.1) is 5.69 Å². The lowest BCUT2D eigenvalue weighted by molar-refractivity contribution is -0.131. The summed E-state index contributed by atoms with van der Waals surface area (Å²) in [6.07, 6.45) is 2.54. The van der Waals surface area contributed by atoms with Gasteiger partial charge in [0.1, 0.15) is 5.76 Å². The smallest absolute Gasteiger partial charge is 0.328 e. The van der Waals surface area contributed by atoms with Crippen LogP contribution in [-0.2, 0) is 4.79 Å². The summed E-state index contributed by atoms with van der Waals surface area (Å²) in [4.78, 5) is 10.2. The van der Waals surface area contributed by atoms with E-state index >= 15 is 0 Å². The quantitative estimate of drug-likeness (QED) is 0.676. The minimum atomic E-state index is -0.977. The van der Waals surface area contributed by atoms with Crippen molar-refractivity contribution in [3.8, 4) is 0 Å². The Morgan fingerprint density at radius 2 is 2.25 bits per heavy atom. The van der Waals surface area contributed by atoms with Crippen LogP contribution in [0, 0.1) is 13.8 Å². The van der Waals surface area contributed by atoms with Crippen LogP contribution in [-0.4, -0.2) is 16.2 Å². The van der Waals surface area contributed by atoms with Gasteiger partial charge in [0.2, 0.25) is 0 Å².